The van der Waals surface area contributed by atoms with Crippen molar-refractivity contribution >= 4 is 48.1 Å². The number of aromatic nitrogens is 1. The zero-order chi connectivity index (χ0) is 48.0. The number of nitrogens with one attached hydrogen (secondary N) is 4. The summed E-state index contributed by atoms with van der Waals surface area (Å²) in [4.78, 5) is 73.0. The van der Waals surface area contributed by atoms with Crippen molar-refractivity contribution in [1.29, 1.82) is 0 Å². The van der Waals surface area contributed by atoms with E-state index in [2.05, 4.69) is 27.0 Å². The average Bonchev–Trinajstić information content (AvgIpc) is 3.56. The summed E-state index contributed by atoms with van der Waals surface area (Å²) in [6.07, 6.45) is 8.77. The number of carbonyl (C=O) groups is 5. The molecular formula is C50H72N5O9P. The van der Waals surface area contributed by atoms with Gasteiger partial charge in [-0.1, -0.05) is 67.3 Å². The van der Waals surface area contributed by atoms with E-state index < -0.39 is 83.8 Å². The number of benzene rings is 2. The molecule has 0 saturated heterocycles. The number of hydrogen-bond acceptors (Lipinski definition) is 9. The van der Waals surface area contributed by atoms with Crippen molar-refractivity contribution in [3.05, 3.63) is 83.1 Å². The number of H-pyrrole nitrogens is 1. The zero-order valence-corrected chi connectivity index (χ0v) is 41.0. The second-order valence-corrected chi connectivity index (χ2v) is 22.9. The Morgan fingerprint density at radius 3 is 2.09 bits per heavy atom. The molecule has 65 heavy (non-hydrogen) atoms. The maximum Gasteiger partial charge on any atom is 0.336 e. The molecule has 2 aromatic carbocycles. The van der Waals surface area contributed by atoms with Crippen molar-refractivity contribution in [1.82, 2.24) is 20.9 Å². The van der Waals surface area contributed by atoms with E-state index in [1.807, 2.05) is 103 Å². The number of allylic oxidation sites excluding steroid dienone is 2. The standard InChI is InChI=1S/C50H72N5O9P/c1-32-17-22-40-38(25-32)36(30-52-40)26-34-15-14-16-37(35-20-18-33(19-21-35)31-65(61,63-48(5,6)7)64-49(8,9)10)39(27-43(57)62-47(2,3)4)44(58)55-50(23-12-11-13-24-50)46(60)54-41(28-42(51)56)45(59)53-29-34/h14,16-22,25,30,34,37,39,41,52H,11-13,15,23-24,26-29,31H2,1-10H3,(H2,51,56)(H,53,59)(H,54,60)(H,55,58). The second kappa shape index (κ2) is 20.8. The first kappa shape index (κ1) is 51.2. The van der Waals surface area contributed by atoms with Crippen LogP contribution in [0.1, 0.15) is 142 Å². The van der Waals surface area contributed by atoms with Crippen LogP contribution in [0, 0.1) is 18.8 Å². The van der Waals surface area contributed by atoms with Gasteiger partial charge in [-0.25, -0.2) is 0 Å². The molecular weight excluding hydrogens is 846 g/mol. The highest BCUT2D eigenvalue weighted by atomic mass is 31.2. The Morgan fingerprint density at radius 1 is 0.846 bits per heavy atom. The molecule has 2 aliphatic rings. The van der Waals surface area contributed by atoms with Crippen molar-refractivity contribution in [3.8, 4) is 0 Å². The monoisotopic (exact) mass is 918 g/mol. The van der Waals surface area contributed by atoms with Crippen LogP contribution in [-0.2, 0) is 54.9 Å². The highest BCUT2D eigenvalue weighted by molar-refractivity contribution is 7.53. The van der Waals surface area contributed by atoms with E-state index in [1.54, 1.807) is 20.8 Å². The van der Waals surface area contributed by atoms with E-state index >= 15 is 4.79 Å². The average molecular weight is 918 g/mol. The van der Waals surface area contributed by atoms with Gasteiger partial charge in [-0.05, 0) is 130 Å². The number of aromatic amines is 1. The van der Waals surface area contributed by atoms with Gasteiger partial charge < -0.3 is 40.5 Å². The molecule has 4 atom stereocenters. The Kier molecular flexibility index (Phi) is 16.4. The van der Waals surface area contributed by atoms with E-state index in [0.29, 0.717) is 36.8 Å². The molecule has 2 heterocycles. The zero-order valence-electron chi connectivity index (χ0n) is 40.1. The van der Waals surface area contributed by atoms with Gasteiger partial charge in [0.05, 0.1) is 36.1 Å². The molecule has 15 heteroatoms. The van der Waals surface area contributed by atoms with E-state index in [0.717, 1.165) is 28.5 Å². The fourth-order valence-electron chi connectivity index (χ4n) is 8.81. The topological polar surface area (TPSA) is 208 Å². The summed E-state index contributed by atoms with van der Waals surface area (Å²) < 4.78 is 32.3. The predicted octanol–water partition coefficient (Wildman–Crippen LogP) is 8.35. The van der Waals surface area contributed by atoms with Crippen molar-refractivity contribution in [2.45, 2.75) is 167 Å². The summed E-state index contributed by atoms with van der Waals surface area (Å²) in [5, 5.41) is 9.96. The Morgan fingerprint density at radius 2 is 1.49 bits per heavy atom. The molecule has 1 aromatic heterocycles. The van der Waals surface area contributed by atoms with Crippen molar-refractivity contribution in [2.24, 2.45) is 17.6 Å². The van der Waals surface area contributed by atoms with E-state index in [9.17, 15) is 23.7 Å². The number of carbonyl (C=O) groups excluding carboxylic acids is 5. The summed E-state index contributed by atoms with van der Waals surface area (Å²) in [7, 11) is -3.66. The number of fused-ring (bicyclic) bond motifs is 1. The van der Waals surface area contributed by atoms with Gasteiger partial charge in [-0.3, -0.25) is 28.5 Å². The van der Waals surface area contributed by atoms with Gasteiger partial charge in [0.25, 0.3) is 0 Å². The van der Waals surface area contributed by atoms with Gasteiger partial charge in [0.1, 0.15) is 17.2 Å². The fraction of sp³-hybridized carbons (Fsp3) is 0.580. The lowest BCUT2D eigenvalue weighted by Gasteiger charge is -2.39. The minimum Gasteiger partial charge on any atom is -0.460 e. The molecule has 5 rings (SSSR count). The van der Waals surface area contributed by atoms with Crippen LogP contribution < -0.4 is 21.7 Å². The smallest absolute Gasteiger partial charge is 0.336 e. The molecule has 1 aliphatic carbocycles. The normalized spacial score (nSPS) is 21.8. The maximum absolute atomic E-state index is 15.1. The third-order valence-corrected chi connectivity index (χ3v) is 13.9. The third-order valence-electron chi connectivity index (χ3n) is 11.5. The van der Waals surface area contributed by atoms with Crippen molar-refractivity contribution in [2.75, 3.05) is 6.54 Å². The number of hydrogen-bond donors (Lipinski definition) is 5. The molecule has 4 unspecified atom stereocenters. The molecule has 356 valence electrons. The number of amides is 4. The number of primary amides is 1. The quantitative estimate of drug-likeness (QED) is 0.0711. The van der Waals surface area contributed by atoms with E-state index in [4.69, 9.17) is 19.5 Å². The van der Waals surface area contributed by atoms with Crippen LogP contribution in [0.4, 0.5) is 0 Å². The highest BCUT2D eigenvalue weighted by Gasteiger charge is 2.45. The third kappa shape index (κ3) is 15.1. The lowest BCUT2D eigenvalue weighted by Crippen LogP contribution is -2.64. The van der Waals surface area contributed by atoms with Crippen LogP contribution >= 0.6 is 7.60 Å². The molecule has 1 fully saturated rings. The molecule has 6 N–H and O–H groups in total. The first-order chi connectivity index (χ1) is 30.2. The molecule has 4 amide bonds. The van der Waals surface area contributed by atoms with Crippen molar-refractivity contribution in [3.63, 3.8) is 0 Å². The van der Waals surface area contributed by atoms with E-state index in [-0.39, 0.29) is 37.9 Å². The fourth-order valence-corrected chi connectivity index (χ4v) is 11.3. The summed E-state index contributed by atoms with van der Waals surface area (Å²) in [5.74, 6) is -4.99. The van der Waals surface area contributed by atoms with Gasteiger partial charge >= 0.3 is 13.6 Å². The molecule has 14 nitrogen and oxygen atoms in total. The summed E-state index contributed by atoms with van der Waals surface area (Å²) in [5.41, 5.74) is 6.37. The van der Waals surface area contributed by atoms with Crippen molar-refractivity contribution < 1.29 is 42.3 Å². The molecule has 1 spiro atoms. The molecule has 1 saturated carbocycles. The van der Waals surface area contributed by atoms with Gasteiger partial charge in [-0.2, -0.15) is 0 Å². The van der Waals surface area contributed by atoms with Crippen LogP contribution in [0.3, 0.4) is 0 Å². The first-order valence-corrected chi connectivity index (χ1v) is 24.7. The van der Waals surface area contributed by atoms with Gasteiger partial charge in [0.2, 0.25) is 23.6 Å². The van der Waals surface area contributed by atoms with Crippen LogP contribution in [0.25, 0.3) is 10.9 Å². The summed E-state index contributed by atoms with van der Waals surface area (Å²) in [6, 6.07) is 12.3. The van der Waals surface area contributed by atoms with Crippen LogP contribution in [0.2, 0.25) is 0 Å². The molecule has 0 radical (unpaired) electrons. The van der Waals surface area contributed by atoms with Gasteiger partial charge in [-0.15, -0.1) is 0 Å². The number of aryl methyl sites for hydroxylation is 1. The number of ether oxygens (including phenoxy) is 1. The Balaban J connectivity index is 1.63. The Labute approximate surface area is 384 Å². The highest BCUT2D eigenvalue weighted by Crippen LogP contribution is 2.57. The van der Waals surface area contributed by atoms with Crippen LogP contribution in [-0.4, -0.2) is 69.5 Å². The molecule has 3 aromatic rings. The van der Waals surface area contributed by atoms with E-state index in [1.165, 1.54) is 0 Å². The second-order valence-electron chi connectivity index (χ2n) is 21.0. The van der Waals surface area contributed by atoms with Gasteiger partial charge in [0, 0.05) is 29.6 Å². The largest absolute Gasteiger partial charge is 0.460 e. The minimum atomic E-state index is -3.66. The Hall–Kier alpha value is -4.78. The van der Waals surface area contributed by atoms with Crippen LogP contribution in [0.5, 0.6) is 0 Å². The summed E-state index contributed by atoms with van der Waals surface area (Å²) >= 11 is 0. The number of esters is 1. The van der Waals surface area contributed by atoms with Gasteiger partial charge in [0.15, 0.2) is 0 Å². The number of rotatable bonds is 11. The SMILES string of the molecule is Cc1ccc2[nH]cc(CC3CC=CC(c4ccc(CP(=O)(OC(C)(C)C)OC(C)(C)C)cc4)C(CC(=O)OC(C)(C)C)C(=O)NC4(CCCCC4)C(=O)NC(CC(N)=O)C(=O)NC3)c2c1. The van der Waals surface area contributed by atoms with Crippen LogP contribution in [0.15, 0.2) is 60.8 Å². The minimum absolute atomic E-state index is 0.000705. The lowest BCUT2D eigenvalue weighted by molar-refractivity contribution is -0.157. The number of nitrogens with two attached hydrogens (primary N) is 1. The maximum atomic E-state index is 15.1. The Bertz CT molecular complexity index is 2240. The molecule has 0 bridgehead atoms. The predicted molar refractivity (Wildman–Crippen MR) is 253 cm³/mol. The lowest BCUT2D eigenvalue weighted by atomic mass is 9.78. The molecule has 1 aliphatic heterocycles. The first-order valence-electron chi connectivity index (χ1n) is 23.0. The summed E-state index contributed by atoms with van der Waals surface area (Å²) in [6.45, 7) is 18.5.